The van der Waals surface area contributed by atoms with Gasteiger partial charge in [-0.3, -0.25) is 0 Å². The molecule has 0 unspecified atom stereocenters. The Hall–Kier alpha value is -1.93. The fraction of sp³-hybridized carbons (Fsp3) is 0.0714. The van der Waals surface area contributed by atoms with Crippen LogP contribution in [0.4, 0.5) is 0 Å². The van der Waals surface area contributed by atoms with Crippen LogP contribution in [0.3, 0.4) is 0 Å². The van der Waals surface area contributed by atoms with Crippen LogP contribution in [0.1, 0.15) is 17.2 Å². The summed E-state index contributed by atoms with van der Waals surface area (Å²) in [6, 6.07) is 18.9. The highest BCUT2D eigenvalue weighted by Gasteiger charge is 2.12. The van der Waals surface area contributed by atoms with Crippen LogP contribution < -0.4 is 5.73 Å². The highest BCUT2D eigenvalue weighted by molar-refractivity contribution is 6.02. The van der Waals surface area contributed by atoms with Gasteiger partial charge in [0.05, 0.1) is 11.8 Å². The molecule has 0 aromatic heterocycles. The second kappa shape index (κ2) is 4.73. The van der Waals surface area contributed by atoms with Crippen molar-refractivity contribution in [2.75, 3.05) is 0 Å². The summed E-state index contributed by atoms with van der Waals surface area (Å²) in [6.45, 7) is 0. The van der Waals surface area contributed by atoms with E-state index in [-0.39, 0.29) is 6.04 Å². The largest absolute Gasteiger partial charge is 0.319 e. The van der Waals surface area contributed by atoms with Crippen molar-refractivity contribution in [3.05, 3.63) is 71.8 Å². The van der Waals surface area contributed by atoms with Gasteiger partial charge in [0.25, 0.3) is 0 Å². The maximum absolute atomic E-state index is 8.05. The summed E-state index contributed by atoms with van der Waals surface area (Å²) in [4.78, 5) is 0. The van der Waals surface area contributed by atoms with Crippen LogP contribution in [0, 0.1) is 5.41 Å². The maximum atomic E-state index is 8.05. The fourth-order valence-corrected chi connectivity index (χ4v) is 1.62. The van der Waals surface area contributed by atoms with Crippen molar-refractivity contribution in [1.29, 1.82) is 5.41 Å². The van der Waals surface area contributed by atoms with E-state index in [4.69, 9.17) is 11.1 Å². The predicted molar refractivity (Wildman–Crippen MR) is 66.6 cm³/mol. The molecular weight excluding hydrogens is 196 g/mol. The zero-order valence-electron chi connectivity index (χ0n) is 8.93. The summed E-state index contributed by atoms with van der Waals surface area (Å²) >= 11 is 0. The molecule has 2 heteroatoms. The minimum absolute atomic E-state index is 0.358. The van der Waals surface area contributed by atoms with Crippen LogP contribution in [0.15, 0.2) is 60.7 Å². The van der Waals surface area contributed by atoms with Crippen molar-refractivity contribution in [2.24, 2.45) is 5.73 Å². The third kappa shape index (κ3) is 2.18. The molecule has 0 bridgehead atoms. The summed E-state index contributed by atoms with van der Waals surface area (Å²) in [5.41, 5.74) is 8.34. The van der Waals surface area contributed by atoms with Gasteiger partial charge < -0.3 is 11.1 Å². The van der Waals surface area contributed by atoms with Crippen LogP contribution in [0.5, 0.6) is 0 Å². The van der Waals surface area contributed by atoms with E-state index in [9.17, 15) is 0 Å². The normalized spacial score (nSPS) is 12.1. The molecule has 2 aromatic carbocycles. The van der Waals surface area contributed by atoms with Gasteiger partial charge in [-0.15, -0.1) is 0 Å². The second-order valence-electron chi connectivity index (χ2n) is 3.67. The molecule has 2 nitrogen and oxygen atoms in total. The minimum atomic E-state index is -0.358. The standard InChI is InChI=1S/C14H14N2/c15-13(11-7-3-1-4-8-11)14(16)12-9-5-2-6-10-12/h1-10,13,16H,15H2/t13-/m1/s1. The molecule has 0 aliphatic heterocycles. The first-order chi connectivity index (χ1) is 7.79. The van der Waals surface area contributed by atoms with E-state index in [1.54, 1.807) is 0 Å². The number of benzene rings is 2. The quantitative estimate of drug-likeness (QED) is 0.752. The Morgan fingerprint density at radius 2 is 1.38 bits per heavy atom. The first kappa shape index (κ1) is 10.6. The third-order valence-electron chi connectivity index (χ3n) is 2.55. The molecule has 0 amide bonds. The summed E-state index contributed by atoms with van der Waals surface area (Å²) in [5, 5.41) is 8.05. The van der Waals surface area contributed by atoms with E-state index >= 15 is 0 Å². The Morgan fingerprint density at radius 1 is 0.875 bits per heavy atom. The minimum Gasteiger partial charge on any atom is -0.319 e. The lowest BCUT2D eigenvalue weighted by molar-refractivity contribution is 0.952. The van der Waals surface area contributed by atoms with Gasteiger partial charge in [0.2, 0.25) is 0 Å². The molecule has 3 N–H and O–H groups in total. The highest BCUT2D eigenvalue weighted by Crippen LogP contribution is 2.15. The molecule has 0 heterocycles. The first-order valence-electron chi connectivity index (χ1n) is 5.23. The van der Waals surface area contributed by atoms with Crippen LogP contribution in [-0.4, -0.2) is 5.71 Å². The molecule has 0 spiro atoms. The zero-order valence-corrected chi connectivity index (χ0v) is 8.93. The summed E-state index contributed by atoms with van der Waals surface area (Å²) in [7, 11) is 0. The van der Waals surface area contributed by atoms with Crippen molar-refractivity contribution in [2.45, 2.75) is 6.04 Å². The maximum Gasteiger partial charge on any atom is 0.0725 e. The number of nitrogens with two attached hydrogens (primary N) is 1. The monoisotopic (exact) mass is 210 g/mol. The van der Waals surface area contributed by atoms with Gasteiger partial charge in [-0.05, 0) is 11.1 Å². The molecule has 16 heavy (non-hydrogen) atoms. The molecular formula is C14H14N2. The molecule has 0 fully saturated rings. The van der Waals surface area contributed by atoms with E-state index in [1.807, 2.05) is 60.7 Å². The summed E-state index contributed by atoms with van der Waals surface area (Å²) in [6.07, 6.45) is 0. The van der Waals surface area contributed by atoms with Crippen molar-refractivity contribution < 1.29 is 0 Å². The zero-order chi connectivity index (χ0) is 11.4. The van der Waals surface area contributed by atoms with Crippen LogP contribution in [0.2, 0.25) is 0 Å². The summed E-state index contributed by atoms with van der Waals surface area (Å²) in [5.74, 6) is 0. The molecule has 0 aliphatic rings. The lowest BCUT2D eigenvalue weighted by Crippen LogP contribution is -2.21. The second-order valence-corrected chi connectivity index (χ2v) is 3.67. The van der Waals surface area contributed by atoms with Gasteiger partial charge >= 0.3 is 0 Å². The topological polar surface area (TPSA) is 49.9 Å². The van der Waals surface area contributed by atoms with E-state index < -0.39 is 0 Å². The van der Waals surface area contributed by atoms with Crippen molar-refractivity contribution in [1.82, 2.24) is 0 Å². The summed E-state index contributed by atoms with van der Waals surface area (Å²) < 4.78 is 0. The van der Waals surface area contributed by atoms with Crippen LogP contribution >= 0.6 is 0 Å². The number of nitrogens with one attached hydrogen (secondary N) is 1. The van der Waals surface area contributed by atoms with Crippen LogP contribution in [-0.2, 0) is 0 Å². The SMILES string of the molecule is N=C(c1ccccc1)[C@H](N)c1ccccc1. The Bertz CT molecular complexity index is 463. The number of hydrogen-bond donors (Lipinski definition) is 2. The van der Waals surface area contributed by atoms with Gasteiger partial charge in [-0.25, -0.2) is 0 Å². The Kier molecular flexibility index (Phi) is 3.13. The van der Waals surface area contributed by atoms with E-state index in [0.29, 0.717) is 5.71 Å². The number of rotatable bonds is 3. The molecule has 1 atom stereocenters. The van der Waals surface area contributed by atoms with E-state index in [1.165, 1.54) is 0 Å². The van der Waals surface area contributed by atoms with Crippen LogP contribution in [0.25, 0.3) is 0 Å². The predicted octanol–water partition coefficient (Wildman–Crippen LogP) is 2.75. The van der Waals surface area contributed by atoms with Gasteiger partial charge in [-0.1, -0.05) is 60.7 Å². The molecule has 0 saturated heterocycles. The average Bonchev–Trinajstić information content (AvgIpc) is 2.39. The Balaban J connectivity index is 2.24. The van der Waals surface area contributed by atoms with Gasteiger partial charge in [0.1, 0.15) is 0 Å². The molecule has 2 rings (SSSR count). The molecule has 2 aromatic rings. The average molecular weight is 210 g/mol. The van der Waals surface area contributed by atoms with Crippen molar-refractivity contribution >= 4 is 5.71 Å². The smallest absolute Gasteiger partial charge is 0.0725 e. The third-order valence-corrected chi connectivity index (χ3v) is 2.55. The van der Waals surface area contributed by atoms with Gasteiger partial charge in [0.15, 0.2) is 0 Å². The fourth-order valence-electron chi connectivity index (χ4n) is 1.62. The Morgan fingerprint density at radius 3 is 1.94 bits per heavy atom. The van der Waals surface area contributed by atoms with Gasteiger partial charge in [-0.2, -0.15) is 0 Å². The molecule has 0 radical (unpaired) electrons. The van der Waals surface area contributed by atoms with Gasteiger partial charge in [0, 0.05) is 0 Å². The molecule has 80 valence electrons. The number of hydrogen-bond acceptors (Lipinski definition) is 2. The van der Waals surface area contributed by atoms with E-state index in [2.05, 4.69) is 0 Å². The first-order valence-corrected chi connectivity index (χ1v) is 5.23. The highest BCUT2D eigenvalue weighted by atomic mass is 14.7. The lowest BCUT2D eigenvalue weighted by atomic mass is 9.98. The van der Waals surface area contributed by atoms with Crippen molar-refractivity contribution in [3.8, 4) is 0 Å². The molecule has 0 saturated carbocycles. The lowest BCUT2D eigenvalue weighted by Gasteiger charge is -2.13. The van der Waals surface area contributed by atoms with Crippen molar-refractivity contribution in [3.63, 3.8) is 0 Å². The van der Waals surface area contributed by atoms with E-state index in [0.717, 1.165) is 11.1 Å². The Labute approximate surface area is 95.2 Å². The molecule has 0 aliphatic carbocycles.